The largest absolute Gasteiger partial charge is 0.504 e. The number of phenols is 2. The lowest BCUT2D eigenvalue weighted by Crippen LogP contribution is -2.13. The van der Waals surface area contributed by atoms with Crippen molar-refractivity contribution in [3.63, 3.8) is 0 Å². The van der Waals surface area contributed by atoms with E-state index in [4.69, 9.17) is 10.2 Å². The van der Waals surface area contributed by atoms with Gasteiger partial charge < -0.3 is 15.3 Å². The number of phenolic OH excluding ortho intramolecular Hbond substituents is 2. The number of carboxylic acid groups (broad SMARTS) is 1. The first kappa shape index (κ1) is 11.3. The Morgan fingerprint density at radius 3 is 2.60 bits per heavy atom. The molecule has 1 aromatic carbocycles. The van der Waals surface area contributed by atoms with Gasteiger partial charge in [-0.3, -0.25) is 4.79 Å². The lowest BCUT2D eigenvalue weighted by Gasteiger charge is -2.10. The molecule has 15 heavy (non-hydrogen) atoms. The molecular weight excluding hydrogens is 203 g/mol. The van der Waals surface area contributed by atoms with E-state index in [0.29, 0.717) is 0 Å². The van der Waals surface area contributed by atoms with Crippen LogP contribution in [0.2, 0.25) is 0 Å². The number of carbonyl (C=O) groups is 1. The van der Waals surface area contributed by atoms with Gasteiger partial charge in [0.1, 0.15) is 5.82 Å². The zero-order valence-corrected chi connectivity index (χ0v) is 8.07. The van der Waals surface area contributed by atoms with Crippen LogP contribution in [-0.2, 0) is 11.2 Å². The van der Waals surface area contributed by atoms with Crippen molar-refractivity contribution in [2.45, 2.75) is 13.3 Å². The molecule has 1 rings (SSSR count). The summed E-state index contributed by atoms with van der Waals surface area (Å²) in [5, 5.41) is 27.1. The molecule has 0 saturated heterocycles. The summed E-state index contributed by atoms with van der Waals surface area (Å²) in [4.78, 5) is 10.5. The summed E-state index contributed by atoms with van der Waals surface area (Å²) in [6.07, 6.45) is -0.165. The van der Waals surface area contributed by atoms with E-state index in [-0.39, 0.29) is 12.0 Å². The van der Waals surface area contributed by atoms with Gasteiger partial charge in [-0.25, -0.2) is 4.39 Å². The third-order valence-electron chi connectivity index (χ3n) is 2.14. The molecule has 0 aliphatic carbocycles. The Kier molecular flexibility index (Phi) is 3.14. The Labute approximate surface area is 85.6 Å². The van der Waals surface area contributed by atoms with Crippen molar-refractivity contribution in [2.75, 3.05) is 0 Å². The van der Waals surface area contributed by atoms with E-state index in [1.807, 2.05) is 0 Å². The number of hydrogen-bond acceptors (Lipinski definition) is 3. The highest BCUT2D eigenvalue weighted by Crippen LogP contribution is 2.32. The molecule has 0 spiro atoms. The van der Waals surface area contributed by atoms with Crippen molar-refractivity contribution >= 4 is 5.97 Å². The van der Waals surface area contributed by atoms with Crippen molar-refractivity contribution in [2.24, 2.45) is 5.92 Å². The second-order valence-corrected chi connectivity index (χ2v) is 3.34. The minimum absolute atomic E-state index is 0.165. The topological polar surface area (TPSA) is 77.8 Å². The highest BCUT2D eigenvalue weighted by Gasteiger charge is 2.19. The molecule has 0 aliphatic heterocycles. The fourth-order valence-corrected chi connectivity index (χ4v) is 1.19. The average molecular weight is 214 g/mol. The van der Waals surface area contributed by atoms with E-state index >= 15 is 0 Å². The lowest BCUT2D eigenvalue weighted by atomic mass is 10.00. The van der Waals surface area contributed by atoms with Gasteiger partial charge in [0.25, 0.3) is 0 Å². The Balaban J connectivity index is 3.03. The normalized spacial score (nSPS) is 12.4. The molecule has 1 unspecified atom stereocenters. The SMILES string of the molecule is CC(Cc1c(F)ccc(O)c1O)C(=O)O. The van der Waals surface area contributed by atoms with Crippen molar-refractivity contribution in [3.05, 3.63) is 23.5 Å². The van der Waals surface area contributed by atoms with Crippen LogP contribution >= 0.6 is 0 Å². The molecule has 0 amide bonds. The quantitative estimate of drug-likeness (QED) is 0.666. The van der Waals surface area contributed by atoms with Crippen LogP contribution in [0.25, 0.3) is 0 Å². The summed E-state index contributed by atoms with van der Waals surface area (Å²) in [7, 11) is 0. The first-order valence-electron chi connectivity index (χ1n) is 4.35. The Morgan fingerprint density at radius 1 is 1.47 bits per heavy atom. The van der Waals surface area contributed by atoms with E-state index in [0.717, 1.165) is 12.1 Å². The highest BCUT2D eigenvalue weighted by atomic mass is 19.1. The molecule has 4 nitrogen and oxygen atoms in total. The van der Waals surface area contributed by atoms with Crippen molar-refractivity contribution in [1.82, 2.24) is 0 Å². The predicted octanol–water partition coefficient (Wildman–Crippen LogP) is 1.50. The maximum Gasteiger partial charge on any atom is 0.306 e. The number of hydrogen-bond donors (Lipinski definition) is 3. The summed E-state index contributed by atoms with van der Waals surface area (Å²) in [5.74, 6) is -3.69. The van der Waals surface area contributed by atoms with Crippen LogP contribution in [0.15, 0.2) is 12.1 Å². The van der Waals surface area contributed by atoms with E-state index < -0.39 is 29.2 Å². The third kappa shape index (κ3) is 2.37. The van der Waals surface area contributed by atoms with Gasteiger partial charge in [-0.15, -0.1) is 0 Å². The van der Waals surface area contributed by atoms with Gasteiger partial charge in [-0.1, -0.05) is 6.92 Å². The summed E-state index contributed by atoms with van der Waals surface area (Å²) in [6.45, 7) is 1.39. The van der Waals surface area contributed by atoms with Crippen molar-refractivity contribution < 1.29 is 24.5 Å². The first-order chi connectivity index (χ1) is 6.93. The van der Waals surface area contributed by atoms with Gasteiger partial charge in [0.2, 0.25) is 0 Å². The molecule has 0 aliphatic rings. The summed E-state index contributed by atoms with van der Waals surface area (Å²) in [5.41, 5.74) is -0.176. The number of carboxylic acids is 1. The van der Waals surface area contributed by atoms with E-state index in [1.165, 1.54) is 6.92 Å². The van der Waals surface area contributed by atoms with E-state index in [9.17, 15) is 14.3 Å². The fraction of sp³-hybridized carbons (Fsp3) is 0.300. The number of aliphatic carboxylic acids is 1. The van der Waals surface area contributed by atoms with Gasteiger partial charge in [0, 0.05) is 5.56 Å². The first-order valence-corrected chi connectivity index (χ1v) is 4.35. The van der Waals surface area contributed by atoms with Crippen LogP contribution in [0.4, 0.5) is 4.39 Å². The molecule has 0 saturated carbocycles. The van der Waals surface area contributed by atoms with Crippen LogP contribution in [0.1, 0.15) is 12.5 Å². The van der Waals surface area contributed by atoms with Crippen LogP contribution in [0, 0.1) is 11.7 Å². The molecule has 82 valence electrons. The van der Waals surface area contributed by atoms with Gasteiger partial charge >= 0.3 is 5.97 Å². The average Bonchev–Trinajstić information content (AvgIpc) is 2.18. The fourth-order valence-electron chi connectivity index (χ4n) is 1.19. The van der Waals surface area contributed by atoms with Gasteiger partial charge in [-0.2, -0.15) is 0 Å². The molecule has 5 heteroatoms. The summed E-state index contributed by atoms with van der Waals surface area (Å²) >= 11 is 0. The Morgan fingerprint density at radius 2 is 2.07 bits per heavy atom. The molecule has 1 atom stereocenters. The van der Waals surface area contributed by atoms with Crippen LogP contribution in [0.3, 0.4) is 0 Å². The smallest absolute Gasteiger partial charge is 0.306 e. The minimum atomic E-state index is -1.09. The maximum absolute atomic E-state index is 13.2. The standard InChI is InChI=1S/C10H11FO4/c1-5(10(14)15)4-6-7(11)2-3-8(12)9(6)13/h2-3,5,12-13H,4H2,1H3,(H,14,15). The van der Waals surface area contributed by atoms with E-state index in [2.05, 4.69) is 0 Å². The lowest BCUT2D eigenvalue weighted by molar-refractivity contribution is -0.141. The molecule has 0 fully saturated rings. The second-order valence-electron chi connectivity index (χ2n) is 3.34. The van der Waals surface area contributed by atoms with Crippen molar-refractivity contribution in [1.29, 1.82) is 0 Å². The molecule has 3 N–H and O–H groups in total. The van der Waals surface area contributed by atoms with Gasteiger partial charge in [-0.05, 0) is 18.6 Å². The molecule has 0 aromatic heterocycles. The zero-order valence-electron chi connectivity index (χ0n) is 8.07. The second kappa shape index (κ2) is 4.16. The summed E-state index contributed by atoms with van der Waals surface area (Å²) in [6, 6.07) is 2.00. The minimum Gasteiger partial charge on any atom is -0.504 e. The van der Waals surface area contributed by atoms with Crippen LogP contribution in [-0.4, -0.2) is 21.3 Å². The molecule has 0 bridgehead atoms. The molecule has 1 aromatic rings. The number of benzene rings is 1. The van der Waals surface area contributed by atoms with Gasteiger partial charge in [0.05, 0.1) is 5.92 Å². The van der Waals surface area contributed by atoms with Crippen LogP contribution in [0.5, 0.6) is 11.5 Å². The van der Waals surface area contributed by atoms with Crippen LogP contribution < -0.4 is 0 Å². The summed E-state index contributed by atoms with van der Waals surface area (Å²) < 4.78 is 13.2. The molecule has 0 heterocycles. The monoisotopic (exact) mass is 214 g/mol. The number of rotatable bonds is 3. The Hall–Kier alpha value is -1.78. The Bertz CT molecular complexity index is 389. The molecular formula is C10H11FO4. The predicted molar refractivity (Wildman–Crippen MR) is 50.2 cm³/mol. The maximum atomic E-state index is 13.2. The molecule has 0 radical (unpaired) electrons. The number of halogens is 1. The van der Waals surface area contributed by atoms with E-state index in [1.54, 1.807) is 0 Å². The van der Waals surface area contributed by atoms with Crippen molar-refractivity contribution in [3.8, 4) is 11.5 Å². The third-order valence-corrected chi connectivity index (χ3v) is 2.14. The van der Waals surface area contributed by atoms with Gasteiger partial charge in [0.15, 0.2) is 11.5 Å². The zero-order chi connectivity index (χ0) is 11.6. The highest BCUT2D eigenvalue weighted by molar-refractivity contribution is 5.70. The number of aromatic hydroxyl groups is 2.